The average molecular weight is 513 g/mol. The van der Waals surface area contributed by atoms with Gasteiger partial charge in [0.1, 0.15) is 6.61 Å². The van der Waals surface area contributed by atoms with E-state index < -0.39 is 5.97 Å². The van der Waals surface area contributed by atoms with Crippen molar-refractivity contribution in [2.45, 2.75) is 85.5 Å². The molecule has 0 fully saturated rings. The number of carboxylic acid groups (broad SMARTS) is 1. The molecule has 204 valence electrons. The highest BCUT2D eigenvalue weighted by Gasteiger charge is 2.16. The normalized spacial score (nSPS) is 15.1. The molecule has 0 saturated carbocycles. The van der Waals surface area contributed by atoms with Crippen molar-refractivity contribution in [1.82, 2.24) is 0 Å². The minimum atomic E-state index is -0.845. The van der Waals surface area contributed by atoms with Crippen molar-refractivity contribution >= 4 is 17.9 Å². The lowest BCUT2D eigenvalue weighted by molar-refractivity contribution is -0.136. The van der Waals surface area contributed by atoms with Gasteiger partial charge in [-0.05, 0) is 97.0 Å². The van der Waals surface area contributed by atoms with Gasteiger partial charge < -0.3 is 14.6 Å². The second kappa shape index (κ2) is 17.3. The Morgan fingerprint density at radius 2 is 1.70 bits per heavy atom. The van der Waals surface area contributed by atoms with E-state index >= 15 is 0 Å². The molecule has 0 bridgehead atoms. The molecule has 0 aromatic carbocycles. The second-order valence-corrected chi connectivity index (χ2v) is 9.93. The van der Waals surface area contributed by atoms with Crippen LogP contribution in [0.25, 0.3) is 0 Å². The van der Waals surface area contributed by atoms with Crippen molar-refractivity contribution in [3.8, 4) is 0 Å². The van der Waals surface area contributed by atoms with E-state index in [1.807, 2.05) is 32.9 Å². The molecular weight excluding hydrogens is 468 g/mol. The summed E-state index contributed by atoms with van der Waals surface area (Å²) in [6.07, 6.45) is 15.8. The summed E-state index contributed by atoms with van der Waals surface area (Å²) in [5.74, 6) is -1.26. The van der Waals surface area contributed by atoms with Gasteiger partial charge in [-0.15, -0.1) is 0 Å². The second-order valence-electron chi connectivity index (χ2n) is 9.93. The fourth-order valence-corrected chi connectivity index (χ4v) is 4.04. The third kappa shape index (κ3) is 13.7. The lowest BCUT2D eigenvalue weighted by atomic mass is 9.89. The summed E-state index contributed by atoms with van der Waals surface area (Å²) in [4.78, 5) is 35.0. The number of hydrogen-bond donors (Lipinski definition) is 1. The number of rotatable bonds is 17. The number of allylic oxidation sites excluding steroid dienone is 7. The van der Waals surface area contributed by atoms with Gasteiger partial charge in [0.15, 0.2) is 0 Å². The van der Waals surface area contributed by atoms with Gasteiger partial charge in [0.05, 0.1) is 7.11 Å². The van der Waals surface area contributed by atoms with E-state index in [1.165, 1.54) is 24.3 Å². The Hall–Kier alpha value is -3.15. The molecule has 1 heterocycles. The van der Waals surface area contributed by atoms with Crippen LogP contribution in [0.5, 0.6) is 0 Å². The molecule has 37 heavy (non-hydrogen) atoms. The number of ether oxygens (including phenoxy) is 2. The number of carbonyl (C=O) groups is 3. The molecule has 1 unspecified atom stereocenters. The number of carbonyl (C=O) groups excluding carboxylic acids is 2. The van der Waals surface area contributed by atoms with Gasteiger partial charge in [0, 0.05) is 17.2 Å². The van der Waals surface area contributed by atoms with E-state index in [0.717, 1.165) is 36.8 Å². The molecule has 0 aromatic rings. The fourth-order valence-electron chi connectivity index (χ4n) is 4.04. The zero-order valence-electron chi connectivity index (χ0n) is 23.2. The molecule has 6 heteroatoms. The van der Waals surface area contributed by atoms with E-state index in [0.29, 0.717) is 49.9 Å². The molecule has 1 rings (SSSR count). The number of cyclic esters (lactones) is 1. The van der Waals surface area contributed by atoms with Crippen LogP contribution in [0.3, 0.4) is 0 Å². The predicted molar refractivity (Wildman–Crippen MR) is 148 cm³/mol. The minimum absolute atomic E-state index is 0.223. The Labute approximate surface area is 222 Å². The maximum Gasteiger partial charge on any atom is 0.333 e. The molecule has 0 aliphatic carbocycles. The maximum atomic E-state index is 12.3. The quantitative estimate of drug-likeness (QED) is 0.126. The Morgan fingerprint density at radius 3 is 2.27 bits per heavy atom. The van der Waals surface area contributed by atoms with Crippen molar-refractivity contribution in [2.75, 3.05) is 13.7 Å². The molecule has 0 spiro atoms. The first kappa shape index (κ1) is 31.9. The Morgan fingerprint density at radius 1 is 1.03 bits per heavy atom. The third-order valence-electron chi connectivity index (χ3n) is 6.41. The summed E-state index contributed by atoms with van der Waals surface area (Å²) in [5.41, 5.74) is 5.51. The Bertz CT molecular complexity index is 970. The predicted octanol–water partition coefficient (Wildman–Crippen LogP) is 7.20. The standard InChI is InChI=1S/C31H44O6/c1-22(2)10-7-13-27(30(33)34)14-8-11-24(5)16-17-26(23(3)4)18-19-28(31(35)36-6)15-9-12-25-20-29(32)37-21-25/h10,14-16,20,26H,3,7-9,11-13,17-19,21H2,1-2,4-6H3,(H,33,34). The lowest BCUT2D eigenvalue weighted by Gasteiger charge is -2.16. The lowest BCUT2D eigenvalue weighted by Crippen LogP contribution is -2.08. The van der Waals surface area contributed by atoms with Gasteiger partial charge >= 0.3 is 17.9 Å². The summed E-state index contributed by atoms with van der Waals surface area (Å²) in [6, 6.07) is 0. The molecule has 0 radical (unpaired) electrons. The summed E-state index contributed by atoms with van der Waals surface area (Å²) < 4.78 is 9.90. The topological polar surface area (TPSA) is 89.9 Å². The number of aliphatic carboxylic acids is 1. The van der Waals surface area contributed by atoms with Crippen LogP contribution in [-0.4, -0.2) is 36.7 Å². The van der Waals surface area contributed by atoms with Crippen molar-refractivity contribution in [1.29, 1.82) is 0 Å². The van der Waals surface area contributed by atoms with Gasteiger partial charge in [-0.1, -0.05) is 47.6 Å². The zero-order valence-corrected chi connectivity index (χ0v) is 23.2. The van der Waals surface area contributed by atoms with Crippen LogP contribution in [0.1, 0.15) is 85.5 Å². The van der Waals surface area contributed by atoms with E-state index in [2.05, 4.69) is 25.7 Å². The zero-order chi connectivity index (χ0) is 27.8. The molecule has 6 nitrogen and oxygen atoms in total. The summed E-state index contributed by atoms with van der Waals surface area (Å²) >= 11 is 0. The summed E-state index contributed by atoms with van der Waals surface area (Å²) in [5, 5.41) is 9.45. The smallest absolute Gasteiger partial charge is 0.333 e. The van der Waals surface area contributed by atoms with E-state index in [1.54, 1.807) is 0 Å². The van der Waals surface area contributed by atoms with Crippen LogP contribution in [0, 0.1) is 5.92 Å². The highest BCUT2D eigenvalue weighted by atomic mass is 16.5. The maximum absolute atomic E-state index is 12.3. The first-order valence-electron chi connectivity index (χ1n) is 13.0. The van der Waals surface area contributed by atoms with E-state index in [-0.39, 0.29) is 17.9 Å². The molecule has 0 amide bonds. The Balaban J connectivity index is 2.66. The highest BCUT2D eigenvalue weighted by molar-refractivity contribution is 5.88. The minimum Gasteiger partial charge on any atom is -0.478 e. The number of esters is 2. The van der Waals surface area contributed by atoms with Crippen molar-refractivity contribution < 1.29 is 29.0 Å². The van der Waals surface area contributed by atoms with Gasteiger partial charge in [-0.25, -0.2) is 14.4 Å². The van der Waals surface area contributed by atoms with Crippen LogP contribution >= 0.6 is 0 Å². The molecule has 0 saturated heterocycles. The van der Waals surface area contributed by atoms with Gasteiger partial charge in [0.2, 0.25) is 0 Å². The highest BCUT2D eigenvalue weighted by Crippen LogP contribution is 2.25. The van der Waals surface area contributed by atoms with Crippen LogP contribution in [0.2, 0.25) is 0 Å². The number of hydrogen-bond acceptors (Lipinski definition) is 5. The van der Waals surface area contributed by atoms with Crippen LogP contribution in [0.4, 0.5) is 0 Å². The first-order valence-corrected chi connectivity index (χ1v) is 13.0. The SMILES string of the molecule is C=C(C)C(CC=C(C)CCC=C(CCC=C(C)C)C(=O)O)CCC(=CCCC1=CC(=O)OC1)C(=O)OC. The monoisotopic (exact) mass is 512 g/mol. The molecular formula is C31H44O6. The average Bonchev–Trinajstić information content (AvgIpc) is 3.25. The molecule has 1 atom stereocenters. The van der Waals surface area contributed by atoms with Gasteiger partial charge in [-0.3, -0.25) is 0 Å². The summed E-state index contributed by atoms with van der Waals surface area (Å²) in [7, 11) is 1.39. The first-order chi connectivity index (χ1) is 17.5. The van der Waals surface area contributed by atoms with Crippen LogP contribution < -0.4 is 0 Å². The van der Waals surface area contributed by atoms with Crippen molar-refractivity contribution in [3.63, 3.8) is 0 Å². The fraction of sp³-hybridized carbons (Fsp3) is 0.516. The van der Waals surface area contributed by atoms with Crippen LogP contribution in [0.15, 0.2) is 70.4 Å². The Kier molecular flexibility index (Phi) is 14.9. The van der Waals surface area contributed by atoms with Crippen LogP contribution in [-0.2, 0) is 23.9 Å². The van der Waals surface area contributed by atoms with Gasteiger partial charge in [0.25, 0.3) is 0 Å². The van der Waals surface area contributed by atoms with Crippen molar-refractivity contribution in [3.05, 3.63) is 70.4 Å². The molecule has 1 N–H and O–H groups in total. The number of methoxy groups -OCH3 is 1. The largest absolute Gasteiger partial charge is 0.478 e. The molecule has 1 aliphatic heterocycles. The van der Waals surface area contributed by atoms with Crippen molar-refractivity contribution in [2.24, 2.45) is 5.92 Å². The molecule has 0 aromatic heterocycles. The van der Waals surface area contributed by atoms with E-state index in [4.69, 9.17) is 9.47 Å². The van der Waals surface area contributed by atoms with Gasteiger partial charge in [-0.2, -0.15) is 0 Å². The van der Waals surface area contributed by atoms with E-state index in [9.17, 15) is 19.5 Å². The number of carboxylic acids is 1. The molecule has 1 aliphatic rings. The summed E-state index contributed by atoms with van der Waals surface area (Å²) in [6.45, 7) is 12.6. The third-order valence-corrected chi connectivity index (χ3v) is 6.41.